The lowest BCUT2D eigenvalue weighted by atomic mass is 9.76. The number of rotatable bonds is 3. The summed E-state index contributed by atoms with van der Waals surface area (Å²) in [5.74, 6) is 0. The molecule has 3 rings (SSSR count). The Bertz CT molecular complexity index is 635. The van der Waals surface area contributed by atoms with Crippen LogP contribution in [-0.2, 0) is 12.8 Å². The van der Waals surface area contributed by atoms with Gasteiger partial charge < -0.3 is 10.6 Å². The van der Waals surface area contributed by atoms with Gasteiger partial charge >= 0.3 is 0 Å². The molecule has 0 saturated carbocycles. The van der Waals surface area contributed by atoms with Gasteiger partial charge in [0.05, 0.1) is 5.54 Å². The first-order chi connectivity index (χ1) is 10.1. The third kappa shape index (κ3) is 2.56. The maximum atomic E-state index is 6.23. The molecule has 2 N–H and O–H groups in total. The lowest BCUT2D eigenvalue weighted by Crippen LogP contribution is -2.56. The highest BCUT2D eigenvalue weighted by Crippen LogP contribution is 2.35. The van der Waals surface area contributed by atoms with Gasteiger partial charge in [-0.15, -0.1) is 0 Å². The van der Waals surface area contributed by atoms with Crippen LogP contribution in [0, 0.1) is 6.92 Å². The predicted octanol–water partition coefficient (Wildman–Crippen LogP) is 3.32. The van der Waals surface area contributed by atoms with Crippen molar-refractivity contribution in [2.24, 2.45) is 5.73 Å². The van der Waals surface area contributed by atoms with Crippen molar-refractivity contribution in [1.82, 2.24) is 0 Å². The Labute approximate surface area is 127 Å². The molecule has 0 spiro atoms. The molecular formula is C19H24N2. The van der Waals surface area contributed by atoms with Crippen LogP contribution >= 0.6 is 0 Å². The molecule has 0 bridgehead atoms. The van der Waals surface area contributed by atoms with Crippen LogP contribution in [0.2, 0.25) is 0 Å². The smallest absolute Gasteiger partial charge is 0.0564 e. The number of nitrogens with two attached hydrogens (primary N) is 1. The maximum absolute atomic E-state index is 6.23. The Morgan fingerprint density at radius 1 is 1.10 bits per heavy atom. The lowest BCUT2D eigenvalue weighted by molar-refractivity contribution is 0.363. The molecule has 2 aromatic carbocycles. The van der Waals surface area contributed by atoms with Crippen molar-refractivity contribution < 1.29 is 0 Å². The Kier molecular flexibility index (Phi) is 3.73. The summed E-state index contributed by atoms with van der Waals surface area (Å²) in [6, 6.07) is 17.5. The second-order valence-electron chi connectivity index (χ2n) is 6.27. The van der Waals surface area contributed by atoms with Gasteiger partial charge in [-0.05, 0) is 55.0 Å². The van der Waals surface area contributed by atoms with E-state index < -0.39 is 0 Å². The number of fused-ring (bicyclic) bond motifs is 1. The highest BCUT2D eigenvalue weighted by molar-refractivity contribution is 5.52. The second kappa shape index (κ2) is 5.53. The number of aryl methyl sites for hydroxylation is 2. The van der Waals surface area contributed by atoms with Gasteiger partial charge in [-0.1, -0.05) is 36.4 Å². The predicted molar refractivity (Wildman–Crippen MR) is 89.8 cm³/mol. The van der Waals surface area contributed by atoms with Crippen LogP contribution in [0.4, 0.5) is 5.69 Å². The van der Waals surface area contributed by atoms with Crippen LogP contribution in [0.5, 0.6) is 0 Å². The molecule has 1 unspecified atom stereocenters. The fraction of sp³-hybridized carbons (Fsp3) is 0.368. The zero-order valence-corrected chi connectivity index (χ0v) is 13.0. The summed E-state index contributed by atoms with van der Waals surface area (Å²) in [6.45, 7) is 2.83. The zero-order chi connectivity index (χ0) is 14.9. The first-order valence-corrected chi connectivity index (χ1v) is 7.72. The van der Waals surface area contributed by atoms with Gasteiger partial charge in [0.25, 0.3) is 0 Å². The molecule has 1 aliphatic carbocycles. The fourth-order valence-corrected chi connectivity index (χ4v) is 3.49. The van der Waals surface area contributed by atoms with Gasteiger partial charge in [0, 0.05) is 19.3 Å². The second-order valence-corrected chi connectivity index (χ2v) is 6.27. The highest BCUT2D eigenvalue weighted by atomic mass is 15.2. The van der Waals surface area contributed by atoms with E-state index in [1.807, 2.05) is 0 Å². The Hall–Kier alpha value is -1.80. The van der Waals surface area contributed by atoms with Crippen LogP contribution in [0.25, 0.3) is 0 Å². The van der Waals surface area contributed by atoms with E-state index in [0.29, 0.717) is 6.54 Å². The SMILES string of the molecule is Cc1cccc(N(C)C2(CN)CCc3ccccc3C2)c1. The quantitative estimate of drug-likeness (QED) is 0.934. The topological polar surface area (TPSA) is 29.3 Å². The minimum atomic E-state index is 0.0299. The molecule has 2 heteroatoms. The normalized spacial score (nSPS) is 20.9. The molecule has 1 atom stereocenters. The molecule has 0 saturated heterocycles. The monoisotopic (exact) mass is 280 g/mol. The van der Waals surface area contributed by atoms with E-state index >= 15 is 0 Å². The average molecular weight is 280 g/mol. The molecule has 0 aliphatic heterocycles. The molecule has 2 nitrogen and oxygen atoms in total. The van der Waals surface area contributed by atoms with Crippen molar-refractivity contribution in [3.8, 4) is 0 Å². The van der Waals surface area contributed by atoms with Crippen molar-refractivity contribution in [2.75, 3.05) is 18.5 Å². The summed E-state index contributed by atoms with van der Waals surface area (Å²) in [5.41, 5.74) is 11.8. The molecular weight excluding hydrogens is 256 g/mol. The van der Waals surface area contributed by atoms with Gasteiger partial charge in [-0.3, -0.25) is 0 Å². The summed E-state index contributed by atoms with van der Waals surface area (Å²) < 4.78 is 0. The van der Waals surface area contributed by atoms with Gasteiger partial charge in [0.2, 0.25) is 0 Å². The fourth-order valence-electron chi connectivity index (χ4n) is 3.49. The van der Waals surface area contributed by atoms with Crippen molar-refractivity contribution >= 4 is 5.69 Å². The van der Waals surface area contributed by atoms with E-state index in [9.17, 15) is 0 Å². The number of likely N-dealkylation sites (N-methyl/N-ethyl adjacent to an activating group) is 1. The summed E-state index contributed by atoms with van der Waals surface area (Å²) in [7, 11) is 2.19. The molecule has 0 heterocycles. The molecule has 110 valence electrons. The Balaban J connectivity index is 1.95. The summed E-state index contributed by atoms with van der Waals surface area (Å²) in [4.78, 5) is 2.40. The maximum Gasteiger partial charge on any atom is 0.0564 e. The highest BCUT2D eigenvalue weighted by Gasteiger charge is 2.37. The van der Waals surface area contributed by atoms with E-state index in [1.165, 1.54) is 22.4 Å². The number of hydrogen-bond donors (Lipinski definition) is 1. The van der Waals surface area contributed by atoms with Gasteiger partial charge in [0.1, 0.15) is 0 Å². The van der Waals surface area contributed by atoms with Gasteiger partial charge in [-0.25, -0.2) is 0 Å². The molecule has 0 aromatic heterocycles. The van der Waals surface area contributed by atoms with Gasteiger partial charge in [-0.2, -0.15) is 0 Å². The van der Waals surface area contributed by atoms with E-state index in [1.54, 1.807) is 0 Å². The third-order valence-electron chi connectivity index (χ3n) is 4.98. The zero-order valence-electron chi connectivity index (χ0n) is 13.0. The van der Waals surface area contributed by atoms with Crippen LogP contribution in [0.3, 0.4) is 0 Å². The first-order valence-electron chi connectivity index (χ1n) is 7.72. The number of nitrogens with zero attached hydrogens (tertiary/aromatic N) is 1. The number of benzene rings is 2. The molecule has 0 fully saturated rings. The van der Waals surface area contributed by atoms with E-state index in [0.717, 1.165) is 19.3 Å². The lowest BCUT2D eigenvalue weighted by Gasteiger charge is -2.46. The molecule has 0 amide bonds. The van der Waals surface area contributed by atoms with Gasteiger partial charge in [0.15, 0.2) is 0 Å². The molecule has 1 aliphatic rings. The van der Waals surface area contributed by atoms with Crippen LogP contribution < -0.4 is 10.6 Å². The van der Waals surface area contributed by atoms with Crippen LogP contribution in [0.15, 0.2) is 48.5 Å². The summed E-state index contributed by atoms with van der Waals surface area (Å²) >= 11 is 0. The molecule has 2 aromatic rings. The van der Waals surface area contributed by atoms with Crippen molar-refractivity contribution in [2.45, 2.75) is 31.7 Å². The van der Waals surface area contributed by atoms with Crippen molar-refractivity contribution in [3.63, 3.8) is 0 Å². The summed E-state index contributed by atoms with van der Waals surface area (Å²) in [6.07, 6.45) is 3.26. The largest absolute Gasteiger partial charge is 0.367 e. The minimum Gasteiger partial charge on any atom is -0.367 e. The number of anilines is 1. The number of hydrogen-bond acceptors (Lipinski definition) is 2. The van der Waals surface area contributed by atoms with E-state index in [2.05, 4.69) is 67.4 Å². The first kappa shape index (κ1) is 14.2. The average Bonchev–Trinajstić information content (AvgIpc) is 2.53. The third-order valence-corrected chi connectivity index (χ3v) is 4.98. The van der Waals surface area contributed by atoms with E-state index in [4.69, 9.17) is 5.73 Å². The minimum absolute atomic E-state index is 0.0299. The standard InChI is InChI=1S/C19H24N2/c1-15-6-5-9-18(12-15)21(2)19(14-20)11-10-16-7-3-4-8-17(16)13-19/h3-9,12H,10-11,13-14,20H2,1-2H3. The Morgan fingerprint density at radius 2 is 1.86 bits per heavy atom. The van der Waals surface area contributed by atoms with Crippen molar-refractivity contribution in [3.05, 3.63) is 65.2 Å². The van der Waals surface area contributed by atoms with E-state index in [-0.39, 0.29) is 5.54 Å². The Morgan fingerprint density at radius 3 is 2.57 bits per heavy atom. The van der Waals surface area contributed by atoms with Crippen molar-refractivity contribution in [1.29, 1.82) is 0 Å². The van der Waals surface area contributed by atoms with Crippen LogP contribution in [0.1, 0.15) is 23.1 Å². The molecule has 0 radical (unpaired) electrons. The molecule has 21 heavy (non-hydrogen) atoms. The van der Waals surface area contributed by atoms with Crippen LogP contribution in [-0.4, -0.2) is 19.1 Å². The summed E-state index contributed by atoms with van der Waals surface area (Å²) in [5, 5.41) is 0.